The van der Waals surface area contributed by atoms with Crippen LogP contribution in [0.1, 0.15) is 19.4 Å². The lowest BCUT2D eigenvalue weighted by Gasteiger charge is -2.09. The highest BCUT2D eigenvalue weighted by atomic mass is 32.2. The largest absolute Gasteiger partial charge is 0.466 e. The maximum Gasteiger partial charge on any atom is 0.309 e. The molecule has 0 aliphatic carbocycles. The van der Waals surface area contributed by atoms with Crippen molar-refractivity contribution < 1.29 is 9.53 Å². The summed E-state index contributed by atoms with van der Waals surface area (Å²) in [4.78, 5) is 12.6. The van der Waals surface area contributed by atoms with Crippen molar-refractivity contribution in [3.05, 3.63) is 29.8 Å². The van der Waals surface area contributed by atoms with Crippen LogP contribution in [0.4, 0.5) is 0 Å². The zero-order chi connectivity index (χ0) is 12.0. The summed E-state index contributed by atoms with van der Waals surface area (Å²) >= 11 is 1.69. The topological polar surface area (TPSA) is 26.3 Å². The van der Waals surface area contributed by atoms with E-state index in [4.69, 9.17) is 4.74 Å². The average molecular weight is 238 g/mol. The molecule has 2 nitrogen and oxygen atoms in total. The van der Waals surface area contributed by atoms with E-state index in [-0.39, 0.29) is 11.9 Å². The molecule has 88 valence electrons. The van der Waals surface area contributed by atoms with E-state index < -0.39 is 0 Å². The molecule has 0 N–H and O–H groups in total. The molecule has 1 rings (SSSR count). The number of benzene rings is 1. The Labute approximate surface area is 101 Å². The van der Waals surface area contributed by atoms with Gasteiger partial charge in [0, 0.05) is 10.6 Å². The molecule has 0 heterocycles. The van der Waals surface area contributed by atoms with Crippen LogP contribution < -0.4 is 0 Å². The van der Waals surface area contributed by atoms with Crippen LogP contribution in [0.3, 0.4) is 0 Å². The van der Waals surface area contributed by atoms with Crippen LogP contribution in [0.5, 0.6) is 0 Å². The predicted molar refractivity (Wildman–Crippen MR) is 67.7 cm³/mol. The maximum atomic E-state index is 11.4. The third-order valence-corrected chi connectivity index (χ3v) is 3.48. The van der Waals surface area contributed by atoms with E-state index in [1.807, 2.05) is 13.8 Å². The number of ether oxygens (including phenoxy) is 1. The molecule has 1 atom stereocenters. The third kappa shape index (κ3) is 4.27. The van der Waals surface area contributed by atoms with Crippen LogP contribution >= 0.6 is 11.8 Å². The minimum absolute atomic E-state index is 0.0498. The summed E-state index contributed by atoms with van der Waals surface area (Å²) in [6.07, 6.45) is 0. The Morgan fingerprint density at radius 3 is 2.56 bits per heavy atom. The number of aryl methyl sites for hydroxylation is 1. The standard InChI is InChI=1S/C13H18O2S/c1-4-15-13(14)11(3)9-16-12-7-5-10(2)6-8-12/h5-8,11H,4,9H2,1-3H3/t11-/m1/s1. The van der Waals surface area contributed by atoms with Gasteiger partial charge in [0.05, 0.1) is 12.5 Å². The second kappa shape index (κ2) is 6.59. The number of rotatable bonds is 5. The molecule has 0 radical (unpaired) electrons. The first-order valence-electron chi connectivity index (χ1n) is 5.49. The molecule has 0 bridgehead atoms. The van der Waals surface area contributed by atoms with Gasteiger partial charge in [-0.05, 0) is 26.0 Å². The fourth-order valence-corrected chi connectivity index (χ4v) is 2.12. The molecule has 0 saturated carbocycles. The first-order chi connectivity index (χ1) is 7.63. The number of hydrogen-bond donors (Lipinski definition) is 0. The van der Waals surface area contributed by atoms with Gasteiger partial charge in [0.25, 0.3) is 0 Å². The Hall–Kier alpha value is -0.960. The van der Waals surface area contributed by atoms with E-state index in [0.29, 0.717) is 6.61 Å². The molecule has 1 aromatic carbocycles. The second-order valence-electron chi connectivity index (χ2n) is 3.78. The van der Waals surface area contributed by atoms with Crippen molar-refractivity contribution in [2.45, 2.75) is 25.7 Å². The highest BCUT2D eigenvalue weighted by molar-refractivity contribution is 7.99. The van der Waals surface area contributed by atoms with E-state index in [1.54, 1.807) is 11.8 Å². The Balaban J connectivity index is 2.39. The first kappa shape index (κ1) is 13.1. The molecule has 0 saturated heterocycles. The zero-order valence-electron chi connectivity index (χ0n) is 10.0. The van der Waals surface area contributed by atoms with Gasteiger partial charge in [0.15, 0.2) is 0 Å². The summed E-state index contributed by atoms with van der Waals surface area (Å²) in [5, 5.41) is 0. The molecule has 3 heteroatoms. The quantitative estimate of drug-likeness (QED) is 0.581. The summed E-state index contributed by atoms with van der Waals surface area (Å²) in [6.45, 7) is 6.25. The predicted octanol–water partition coefficient (Wildman–Crippen LogP) is 3.29. The van der Waals surface area contributed by atoms with E-state index in [2.05, 4.69) is 31.2 Å². The molecular formula is C13H18O2S. The Morgan fingerprint density at radius 2 is 2.00 bits per heavy atom. The fourth-order valence-electron chi connectivity index (χ4n) is 1.21. The summed E-state index contributed by atoms with van der Waals surface area (Å²) in [5.74, 6) is 0.607. The number of carbonyl (C=O) groups excluding carboxylic acids is 1. The highest BCUT2D eigenvalue weighted by Crippen LogP contribution is 2.21. The lowest BCUT2D eigenvalue weighted by Crippen LogP contribution is -2.16. The van der Waals surface area contributed by atoms with Gasteiger partial charge in [-0.15, -0.1) is 11.8 Å². The summed E-state index contributed by atoms with van der Waals surface area (Å²) < 4.78 is 4.96. The van der Waals surface area contributed by atoms with Crippen LogP contribution in [-0.2, 0) is 9.53 Å². The third-order valence-electron chi connectivity index (χ3n) is 2.21. The average Bonchev–Trinajstić information content (AvgIpc) is 2.28. The van der Waals surface area contributed by atoms with Crippen LogP contribution in [0, 0.1) is 12.8 Å². The van der Waals surface area contributed by atoms with Crippen molar-refractivity contribution in [1.29, 1.82) is 0 Å². The van der Waals surface area contributed by atoms with Crippen molar-refractivity contribution in [3.63, 3.8) is 0 Å². The van der Waals surface area contributed by atoms with Crippen molar-refractivity contribution in [3.8, 4) is 0 Å². The molecule has 16 heavy (non-hydrogen) atoms. The number of hydrogen-bond acceptors (Lipinski definition) is 3. The molecular weight excluding hydrogens is 220 g/mol. The van der Waals surface area contributed by atoms with E-state index in [1.165, 1.54) is 10.5 Å². The lowest BCUT2D eigenvalue weighted by atomic mass is 10.2. The van der Waals surface area contributed by atoms with Crippen molar-refractivity contribution in [2.75, 3.05) is 12.4 Å². The van der Waals surface area contributed by atoms with Gasteiger partial charge < -0.3 is 4.74 Å². The van der Waals surface area contributed by atoms with Crippen molar-refractivity contribution >= 4 is 17.7 Å². The second-order valence-corrected chi connectivity index (χ2v) is 4.87. The number of thioether (sulfide) groups is 1. The molecule has 0 fully saturated rings. The Bertz CT molecular complexity index is 332. The highest BCUT2D eigenvalue weighted by Gasteiger charge is 2.13. The van der Waals surface area contributed by atoms with Crippen molar-refractivity contribution in [2.24, 2.45) is 5.92 Å². The maximum absolute atomic E-state index is 11.4. The molecule has 0 unspecified atom stereocenters. The minimum atomic E-state index is -0.109. The van der Waals surface area contributed by atoms with Crippen LogP contribution in [0.2, 0.25) is 0 Å². The Morgan fingerprint density at radius 1 is 1.38 bits per heavy atom. The summed E-state index contributed by atoms with van der Waals surface area (Å²) in [7, 11) is 0. The van der Waals surface area contributed by atoms with Crippen LogP contribution in [0.25, 0.3) is 0 Å². The summed E-state index contributed by atoms with van der Waals surface area (Å²) in [5.41, 5.74) is 1.25. The molecule has 0 aromatic heterocycles. The number of esters is 1. The van der Waals surface area contributed by atoms with Gasteiger partial charge in [-0.25, -0.2) is 0 Å². The zero-order valence-corrected chi connectivity index (χ0v) is 10.8. The van der Waals surface area contributed by atoms with Gasteiger partial charge in [-0.2, -0.15) is 0 Å². The lowest BCUT2D eigenvalue weighted by molar-refractivity contribution is -0.146. The molecule has 0 aliphatic heterocycles. The van der Waals surface area contributed by atoms with Gasteiger partial charge in [-0.3, -0.25) is 4.79 Å². The van der Waals surface area contributed by atoms with Gasteiger partial charge in [-0.1, -0.05) is 24.6 Å². The van der Waals surface area contributed by atoms with E-state index >= 15 is 0 Å². The first-order valence-corrected chi connectivity index (χ1v) is 6.48. The summed E-state index contributed by atoms with van der Waals surface area (Å²) in [6, 6.07) is 8.32. The van der Waals surface area contributed by atoms with Gasteiger partial charge >= 0.3 is 5.97 Å². The van der Waals surface area contributed by atoms with Crippen LogP contribution in [-0.4, -0.2) is 18.3 Å². The normalized spacial score (nSPS) is 12.2. The van der Waals surface area contributed by atoms with E-state index in [9.17, 15) is 4.79 Å². The molecule has 0 aliphatic rings. The van der Waals surface area contributed by atoms with Gasteiger partial charge in [0.1, 0.15) is 0 Å². The Kier molecular flexibility index (Phi) is 5.39. The molecule has 0 amide bonds. The van der Waals surface area contributed by atoms with Gasteiger partial charge in [0.2, 0.25) is 0 Å². The number of carbonyl (C=O) groups is 1. The smallest absolute Gasteiger partial charge is 0.309 e. The monoisotopic (exact) mass is 238 g/mol. The minimum Gasteiger partial charge on any atom is -0.466 e. The fraction of sp³-hybridized carbons (Fsp3) is 0.462. The van der Waals surface area contributed by atoms with Crippen molar-refractivity contribution in [1.82, 2.24) is 0 Å². The van der Waals surface area contributed by atoms with E-state index in [0.717, 1.165) is 5.75 Å². The molecule has 0 spiro atoms. The molecule has 1 aromatic rings. The SMILES string of the molecule is CCOC(=O)[C@H](C)CSc1ccc(C)cc1. The van der Waals surface area contributed by atoms with Crippen LogP contribution in [0.15, 0.2) is 29.2 Å².